The van der Waals surface area contributed by atoms with E-state index in [0.717, 1.165) is 0 Å². The first-order valence-corrected chi connectivity index (χ1v) is 7.43. The van der Waals surface area contributed by atoms with E-state index < -0.39 is 11.6 Å². The molecule has 122 valence electrons. The highest BCUT2D eigenvalue weighted by Crippen LogP contribution is 2.33. The third-order valence-electron chi connectivity index (χ3n) is 3.86. The lowest BCUT2D eigenvalue weighted by Gasteiger charge is -2.18. The van der Waals surface area contributed by atoms with E-state index in [0.29, 0.717) is 31.2 Å². The van der Waals surface area contributed by atoms with Crippen LogP contribution in [0.25, 0.3) is 0 Å². The normalized spacial score (nSPS) is 17.5. The van der Waals surface area contributed by atoms with Gasteiger partial charge in [0, 0.05) is 24.6 Å². The van der Waals surface area contributed by atoms with Crippen LogP contribution in [-0.4, -0.2) is 41.4 Å². The SMILES string of the molecule is OCCOc1cncc(N2CC[C@@H](c3c(F)cccc3F)C2)n1. The topological polar surface area (TPSA) is 58.5 Å². The lowest BCUT2D eigenvalue weighted by Crippen LogP contribution is -2.21. The van der Waals surface area contributed by atoms with Gasteiger partial charge in [0.25, 0.3) is 0 Å². The second kappa shape index (κ2) is 6.87. The summed E-state index contributed by atoms with van der Waals surface area (Å²) in [7, 11) is 0. The molecule has 0 saturated carbocycles. The number of aromatic nitrogens is 2. The Morgan fingerprint density at radius 3 is 2.78 bits per heavy atom. The minimum Gasteiger partial charge on any atom is -0.474 e. The van der Waals surface area contributed by atoms with Gasteiger partial charge in [0.2, 0.25) is 5.88 Å². The van der Waals surface area contributed by atoms with E-state index in [1.807, 2.05) is 4.90 Å². The maximum atomic E-state index is 13.9. The first-order valence-electron chi connectivity index (χ1n) is 7.43. The molecular formula is C16H17F2N3O2. The molecule has 0 unspecified atom stereocenters. The van der Waals surface area contributed by atoms with Gasteiger partial charge in [-0.1, -0.05) is 6.07 Å². The molecule has 1 aliphatic heterocycles. The molecule has 1 atom stereocenters. The Morgan fingerprint density at radius 1 is 1.26 bits per heavy atom. The van der Waals surface area contributed by atoms with Crippen molar-refractivity contribution in [2.45, 2.75) is 12.3 Å². The molecular weight excluding hydrogens is 304 g/mol. The van der Waals surface area contributed by atoms with Gasteiger partial charge in [-0.15, -0.1) is 0 Å². The predicted molar refractivity (Wildman–Crippen MR) is 80.5 cm³/mol. The number of aliphatic hydroxyl groups is 1. The molecule has 0 aliphatic carbocycles. The zero-order valence-corrected chi connectivity index (χ0v) is 12.5. The van der Waals surface area contributed by atoms with Crippen LogP contribution in [0.4, 0.5) is 14.6 Å². The van der Waals surface area contributed by atoms with Crippen molar-refractivity contribution in [2.75, 3.05) is 31.2 Å². The van der Waals surface area contributed by atoms with Crippen molar-refractivity contribution < 1.29 is 18.6 Å². The Morgan fingerprint density at radius 2 is 2.04 bits per heavy atom. The molecule has 1 aromatic heterocycles. The number of nitrogens with zero attached hydrogens (tertiary/aromatic N) is 3. The molecule has 5 nitrogen and oxygen atoms in total. The molecule has 2 heterocycles. The molecule has 0 spiro atoms. The maximum absolute atomic E-state index is 13.9. The third-order valence-corrected chi connectivity index (χ3v) is 3.86. The molecule has 3 rings (SSSR count). The number of benzene rings is 1. The summed E-state index contributed by atoms with van der Waals surface area (Å²) in [6.07, 6.45) is 3.69. The fourth-order valence-corrected chi connectivity index (χ4v) is 2.82. The van der Waals surface area contributed by atoms with Crippen LogP contribution >= 0.6 is 0 Å². The fraction of sp³-hybridized carbons (Fsp3) is 0.375. The molecule has 7 heteroatoms. The summed E-state index contributed by atoms with van der Waals surface area (Å²) < 4.78 is 33.0. The standard InChI is InChI=1S/C16H17F2N3O2/c17-12-2-1-3-13(18)16(12)11-4-5-21(10-11)14-8-19-9-15(20-14)23-7-6-22/h1-3,8-9,11,22H,4-7,10H2/t11-/m1/s1. The molecule has 1 aliphatic rings. The van der Waals surface area contributed by atoms with E-state index in [1.54, 1.807) is 6.20 Å². The highest BCUT2D eigenvalue weighted by Gasteiger charge is 2.29. The van der Waals surface area contributed by atoms with Crippen LogP contribution in [0, 0.1) is 11.6 Å². The highest BCUT2D eigenvalue weighted by molar-refractivity contribution is 5.41. The second-order valence-electron chi connectivity index (χ2n) is 5.35. The van der Waals surface area contributed by atoms with E-state index >= 15 is 0 Å². The van der Waals surface area contributed by atoms with Crippen LogP contribution in [0.3, 0.4) is 0 Å². The van der Waals surface area contributed by atoms with Crippen LogP contribution in [0.15, 0.2) is 30.6 Å². The Hall–Kier alpha value is -2.28. The molecule has 0 amide bonds. The van der Waals surface area contributed by atoms with Gasteiger partial charge < -0.3 is 14.7 Å². The summed E-state index contributed by atoms with van der Waals surface area (Å²) >= 11 is 0. The second-order valence-corrected chi connectivity index (χ2v) is 5.35. The van der Waals surface area contributed by atoms with E-state index in [4.69, 9.17) is 9.84 Å². The molecule has 0 bridgehead atoms. The van der Waals surface area contributed by atoms with Crippen molar-refractivity contribution in [2.24, 2.45) is 0 Å². The Bertz CT molecular complexity index is 664. The first kappa shape index (κ1) is 15.6. The average molecular weight is 321 g/mol. The third kappa shape index (κ3) is 3.39. The molecule has 2 aromatic rings. The van der Waals surface area contributed by atoms with Gasteiger partial charge in [-0.2, -0.15) is 4.98 Å². The van der Waals surface area contributed by atoms with Crippen molar-refractivity contribution in [1.29, 1.82) is 0 Å². The van der Waals surface area contributed by atoms with Gasteiger partial charge >= 0.3 is 0 Å². The zero-order chi connectivity index (χ0) is 16.2. The first-order chi connectivity index (χ1) is 11.2. The monoisotopic (exact) mass is 321 g/mol. The van der Waals surface area contributed by atoms with Gasteiger partial charge in [0.15, 0.2) is 5.82 Å². The smallest absolute Gasteiger partial charge is 0.234 e. The molecule has 1 aromatic carbocycles. The Balaban J connectivity index is 1.75. The van der Waals surface area contributed by atoms with Crippen molar-refractivity contribution >= 4 is 5.82 Å². The van der Waals surface area contributed by atoms with Crippen LogP contribution in [-0.2, 0) is 0 Å². The molecule has 0 radical (unpaired) electrons. The van der Waals surface area contributed by atoms with Crippen LogP contribution < -0.4 is 9.64 Å². The number of hydrogen-bond donors (Lipinski definition) is 1. The molecule has 1 saturated heterocycles. The summed E-state index contributed by atoms with van der Waals surface area (Å²) in [6, 6.07) is 3.93. The number of hydrogen-bond acceptors (Lipinski definition) is 5. The minimum atomic E-state index is -0.511. The van der Waals surface area contributed by atoms with E-state index in [-0.39, 0.29) is 24.7 Å². The van der Waals surface area contributed by atoms with E-state index in [2.05, 4.69) is 9.97 Å². The van der Waals surface area contributed by atoms with Gasteiger partial charge in [0.1, 0.15) is 18.2 Å². The highest BCUT2D eigenvalue weighted by atomic mass is 19.1. The summed E-state index contributed by atoms with van der Waals surface area (Å²) in [5.74, 6) is -0.331. The number of halogens is 2. The summed E-state index contributed by atoms with van der Waals surface area (Å²) in [5.41, 5.74) is 0.135. The Labute approximate surface area is 132 Å². The van der Waals surface area contributed by atoms with Gasteiger partial charge in [-0.05, 0) is 18.6 Å². The molecule has 1 N–H and O–H groups in total. The fourth-order valence-electron chi connectivity index (χ4n) is 2.82. The van der Waals surface area contributed by atoms with Crippen molar-refractivity contribution in [3.63, 3.8) is 0 Å². The van der Waals surface area contributed by atoms with Crippen molar-refractivity contribution in [3.05, 3.63) is 47.8 Å². The van der Waals surface area contributed by atoms with Crippen LogP contribution in [0.2, 0.25) is 0 Å². The number of rotatable bonds is 5. The summed E-state index contributed by atoms with van der Waals surface area (Å²) in [4.78, 5) is 10.3. The number of anilines is 1. The summed E-state index contributed by atoms with van der Waals surface area (Å²) in [5, 5.41) is 8.77. The van der Waals surface area contributed by atoms with Gasteiger partial charge in [-0.3, -0.25) is 4.98 Å². The van der Waals surface area contributed by atoms with Crippen molar-refractivity contribution in [1.82, 2.24) is 9.97 Å². The van der Waals surface area contributed by atoms with Crippen molar-refractivity contribution in [3.8, 4) is 5.88 Å². The van der Waals surface area contributed by atoms with Crippen LogP contribution in [0.5, 0.6) is 5.88 Å². The quantitative estimate of drug-likeness (QED) is 0.914. The lowest BCUT2D eigenvalue weighted by molar-refractivity contribution is 0.196. The predicted octanol–water partition coefficient (Wildman–Crippen LogP) is 2.12. The largest absolute Gasteiger partial charge is 0.474 e. The number of ether oxygens (including phenoxy) is 1. The van der Waals surface area contributed by atoms with E-state index in [1.165, 1.54) is 24.4 Å². The minimum absolute atomic E-state index is 0.107. The number of aliphatic hydroxyl groups excluding tert-OH is 1. The molecule has 1 fully saturated rings. The maximum Gasteiger partial charge on any atom is 0.234 e. The van der Waals surface area contributed by atoms with Gasteiger partial charge in [-0.25, -0.2) is 8.78 Å². The average Bonchev–Trinajstić information content (AvgIpc) is 3.03. The lowest BCUT2D eigenvalue weighted by atomic mass is 9.97. The molecule has 23 heavy (non-hydrogen) atoms. The van der Waals surface area contributed by atoms with Crippen LogP contribution in [0.1, 0.15) is 17.9 Å². The van der Waals surface area contributed by atoms with Gasteiger partial charge in [0.05, 0.1) is 19.0 Å². The van der Waals surface area contributed by atoms with E-state index in [9.17, 15) is 8.78 Å². The summed E-state index contributed by atoms with van der Waals surface area (Å²) in [6.45, 7) is 1.14. The Kier molecular flexibility index (Phi) is 4.66. The zero-order valence-electron chi connectivity index (χ0n) is 12.5.